The normalized spacial score (nSPS) is 26.6. The van der Waals surface area contributed by atoms with Gasteiger partial charge in [0.2, 0.25) is 11.8 Å². The molecular weight excluding hydrogens is 314 g/mol. The van der Waals surface area contributed by atoms with Crippen molar-refractivity contribution in [2.75, 3.05) is 26.2 Å². The highest BCUT2D eigenvalue weighted by Crippen LogP contribution is 2.24. The lowest BCUT2D eigenvalue weighted by Crippen LogP contribution is -2.50. The summed E-state index contributed by atoms with van der Waals surface area (Å²) in [6.07, 6.45) is 13.5. The van der Waals surface area contributed by atoms with Gasteiger partial charge in [0.25, 0.3) is 0 Å². The van der Waals surface area contributed by atoms with Gasteiger partial charge in [0.05, 0.1) is 0 Å². The summed E-state index contributed by atoms with van der Waals surface area (Å²) >= 11 is 0. The Morgan fingerprint density at radius 3 is 2.52 bits per heavy atom. The first kappa shape index (κ1) is 18.7. The summed E-state index contributed by atoms with van der Waals surface area (Å²) in [6.45, 7) is 3.85. The van der Waals surface area contributed by atoms with Crippen molar-refractivity contribution in [1.82, 2.24) is 15.1 Å². The standard InChI is InChI=1S/C20H35N3O2/c24-19(11-6-13-22-14-7-12-20(22)25)21-17-8-5-15-23(16-17)18-9-3-1-2-4-10-18/h17-18H,1-16H2,(H,21,24)/t17-/m1/s1. The van der Waals surface area contributed by atoms with E-state index >= 15 is 0 Å². The third kappa shape index (κ3) is 5.70. The number of hydrogen-bond acceptors (Lipinski definition) is 3. The third-order valence-electron chi connectivity index (χ3n) is 6.16. The average Bonchev–Trinajstić information content (AvgIpc) is 2.86. The van der Waals surface area contributed by atoms with Crippen molar-refractivity contribution >= 4 is 11.8 Å². The topological polar surface area (TPSA) is 52.7 Å². The molecule has 2 amide bonds. The number of hydrogen-bond donors (Lipinski definition) is 1. The maximum Gasteiger partial charge on any atom is 0.222 e. The van der Waals surface area contributed by atoms with Gasteiger partial charge >= 0.3 is 0 Å². The Bertz CT molecular complexity index is 446. The van der Waals surface area contributed by atoms with Crippen LogP contribution in [0.2, 0.25) is 0 Å². The molecule has 2 aliphatic heterocycles. The van der Waals surface area contributed by atoms with E-state index in [1.165, 1.54) is 51.5 Å². The van der Waals surface area contributed by atoms with E-state index in [-0.39, 0.29) is 11.8 Å². The monoisotopic (exact) mass is 349 g/mol. The molecule has 2 heterocycles. The second-order valence-corrected chi connectivity index (χ2v) is 8.13. The van der Waals surface area contributed by atoms with Crippen LogP contribution in [-0.4, -0.2) is 59.9 Å². The van der Waals surface area contributed by atoms with Crippen LogP contribution >= 0.6 is 0 Å². The minimum atomic E-state index is 0.166. The predicted octanol–water partition coefficient (Wildman–Crippen LogP) is 2.69. The van der Waals surface area contributed by atoms with E-state index in [9.17, 15) is 9.59 Å². The number of carbonyl (C=O) groups excluding carboxylic acids is 2. The Labute approximate surface area is 152 Å². The molecule has 1 N–H and O–H groups in total. The maximum atomic E-state index is 12.3. The summed E-state index contributed by atoms with van der Waals surface area (Å²) in [5.74, 6) is 0.422. The summed E-state index contributed by atoms with van der Waals surface area (Å²) in [4.78, 5) is 28.4. The Hall–Kier alpha value is -1.10. The van der Waals surface area contributed by atoms with E-state index in [1.54, 1.807) is 0 Å². The first-order chi connectivity index (χ1) is 12.2. The Kier molecular flexibility index (Phi) is 7.14. The van der Waals surface area contributed by atoms with Crippen LogP contribution in [-0.2, 0) is 9.59 Å². The number of nitrogens with one attached hydrogen (secondary N) is 1. The molecule has 1 atom stereocenters. The lowest BCUT2D eigenvalue weighted by Gasteiger charge is -2.38. The fraction of sp³-hybridized carbons (Fsp3) is 0.900. The fourth-order valence-electron chi connectivity index (χ4n) is 4.75. The fourth-order valence-corrected chi connectivity index (χ4v) is 4.75. The molecule has 3 aliphatic rings. The summed E-state index contributed by atoms with van der Waals surface area (Å²) in [6, 6.07) is 1.06. The van der Waals surface area contributed by atoms with Crippen molar-refractivity contribution in [2.24, 2.45) is 0 Å². The second-order valence-electron chi connectivity index (χ2n) is 8.13. The molecule has 0 aromatic heterocycles. The van der Waals surface area contributed by atoms with Crippen LogP contribution in [0.5, 0.6) is 0 Å². The molecule has 0 radical (unpaired) electrons. The summed E-state index contributed by atoms with van der Waals surface area (Å²) in [5.41, 5.74) is 0. The van der Waals surface area contributed by atoms with Crippen molar-refractivity contribution in [3.8, 4) is 0 Å². The molecule has 25 heavy (non-hydrogen) atoms. The highest BCUT2D eigenvalue weighted by atomic mass is 16.2. The summed E-state index contributed by atoms with van der Waals surface area (Å²) < 4.78 is 0. The molecule has 2 saturated heterocycles. The molecule has 1 aliphatic carbocycles. The Balaban J connectivity index is 1.36. The van der Waals surface area contributed by atoms with Crippen LogP contribution in [0, 0.1) is 0 Å². The summed E-state index contributed by atoms with van der Waals surface area (Å²) in [5, 5.41) is 3.26. The van der Waals surface area contributed by atoms with E-state index in [0.29, 0.717) is 18.9 Å². The highest BCUT2D eigenvalue weighted by Gasteiger charge is 2.27. The molecule has 1 saturated carbocycles. The lowest BCUT2D eigenvalue weighted by atomic mass is 9.99. The Morgan fingerprint density at radius 2 is 1.80 bits per heavy atom. The van der Waals surface area contributed by atoms with Crippen LogP contribution in [0.15, 0.2) is 0 Å². The van der Waals surface area contributed by atoms with Gasteiger partial charge in [-0.2, -0.15) is 0 Å². The summed E-state index contributed by atoms with van der Waals surface area (Å²) in [7, 11) is 0. The molecule has 0 spiro atoms. The molecule has 3 rings (SSSR count). The smallest absolute Gasteiger partial charge is 0.222 e. The predicted molar refractivity (Wildman–Crippen MR) is 99.3 cm³/mol. The van der Waals surface area contributed by atoms with Crippen LogP contribution in [0.4, 0.5) is 0 Å². The van der Waals surface area contributed by atoms with Gasteiger partial charge in [0.1, 0.15) is 0 Å². The van der Waals surface area contributed by atoms with Gasteiger partial charge in [-0.15, -0.1) is 0 Å². The minimum absolute atomic E-state index is 0.166. The van der Waals surface area contributed by atoms with E-state index < -0.39 is 0 Å². The number of nitrogens with zero attached hydrogens (tertiary/aromatic N) is 2. The SMILES string of the molecule is O=C(CCCN1CCCC1=O)N[C@@H]1CCCN(C2CCCCCC2)C1. The van der Waals surface area contributed by atoms with E-state index in [0.717, 1.165) is 44.9 Å². The van der Waals surface area contributed by atoms with E-state index in [4.69, 9.17) is 0 Å². The largest absolute Gasteiger partial charge is 0.352 e. The van der Waals surface area contributed by atoms with Crippen molar-refractivity contribution in [1.29, 1.82) is 0 Å². The molecule has 3 fully saturated rings. The molecule has 0 bridgehead atoms. The van der Waals surface area contributed by atoms with Crippen LogP contribution in [0.1, 0.15) is 77.0 Å². The number of piperidine rings is 1. The van der Waals surface area contributed by atoms with Crippen LogP contribution < -0.4 is 5.32 Å². The van der Waals surface area contributed by atoms with Crippen molar-refractivity contribution in [3.63, 3.8) is 0 Å². The van der Waals surface area contributed by atoms with Crippen molar-refractivity contribution < 1.29 is 9.59 Å². The molecule has 5 heteroatoms. The van der Waals surface area contributed by atoms with Crippen molar-refractivity contribution in [3.05, 3.63) is 0 Å². The number of carbonyl (C=O) groups is 2. The van der Waals surface area contributed by atoms with Crippen LogP contribution in [0.25, 0.3) is 0 Å². The molecule has 0 aromatic carbocycles. The minimum Gasteiger partial charge on any atom is -0.352 e. The number of likely N-dealkylation sites (tertiary alicyclic amines) is 2. The van der Waals surface area contributed by atoms with Gasteiger partial charge in [-0.1, -0.05) is 25.7 Å². The van der Waals surface area contributed by atoms with Gasteiger partial charge in [-0.25, -0.2) is 0 Å². The zero-order valence-corrected chi connectivity index (χ0v) is 15.7. The first-order valence-corrected chi connectivity index (χ1v) is 10.5. The van der Waals surface area contributed by atoms with Crippen LogP contribution in [0.3, 0.4) is 0 Å². The molecule has 0 aromatic rings. The molecular formula is C20H35N3O2. The highest BCUT2D eigenvalue weighted by molar-refractivity contribution is 5.78. The van der Waals surface area contributed by atoms with Gasteiger partial charge in [-0.05, 0) is 45.1 Å². The molecule has 0 unspecified atom stereocenters. The van der Waals surface area contributed by atoms with E-state index in [1.807, 2.05) is 4.90 Å². The van der Waals surface area contributed by atoms with Gasteiger partial charge in [0, 0.05) is 44.6 Å². The molecule has 5 nitrogen and oxygen atoms in total. The number of amides is 2. The average molecular weight is 350 g/mol. The van der Waals surface area contributed by atoms with Gasteiger partial charge < -0.3 is 10.2 Å². The maximum absolute atomic E-state index is 12.3. The molecule has 142 valence electrons. The third-order valence-corrected chi connectivity index (χ3v) is 6.16. The lowest BCUT2D eigenvalue weighted by molar-refractivity contribution is -0.128. The van der Waals surface area contributed by atoms with Gasteiger partial charge in [0.15, 0.2) is 0 Å². The quantitative estimate of drug-likeness (QED) is 0.750. The van der Waals surface area contributed by atoms with E-state index in [2.05, 4.69) is 10.2 Å². The zero-order chi connectivity index (χ0) is 17.5. The zero-order valence-electron chi connectivity index (χ0n) is 15.7. The van der Waals surface area contributed by atoms with Gasteiger partial charge in [-0.3, -0.25) is 14.5 Å². The second kappa shape index (κ2) is 9.56. The van der Waals surface area contributed by atoms with Crippen molar-refractivity contribution in [2.45, 2.75) is 89.1 Å². The first-order valence-electron chi connectivity index (χ1n) is 10.5. The number of rotatable bonds is 6. The Morgan fingerprint density at radius 1 is 1.00 bits per heavy atom.